The van der Waals surface area contributed by atoms with Gasteiger partial charge in [0.05, 0.1) is 22.4 Å². The number of furan rings is 1. The van der Waals surface area contributed by atoms with Crippen molar-refractivity contribution in [1.29, 1.82) is 0 Å². The third-order valence-electron chi connectivity index (χ3n) is 12.4. The zero-order valence-electron chi connectivity index (χ0n) is 39.0. The number of fused-ring (bicyclic) bond motifs is 4. The number of aromatic nitrogens is 4. The molecule has 4 heterocycles. The normalized spacial score (nSPS) is 11.8. The van der Waals surface area contributed by atoms with Crippen LogP contribution in [0.4, 0.5) is 0 Å². The zero-order chi connectivity index (χ0) is 44.4. The van der Waals surface area contributed by atoms with Crippen LogP contribution in [0, 0.1) is 25.0 Å². The van der Waals surface area contributed by atoms with Gasteiger partial charge in [0.1, 0.15) is 0 Å². The Morgan fingerprint density at radius 1 is 0.703 bits per heavy atom. The molecular weight excluding hydrogens is 1020 g/mol. The third-order valence-corrected chi connectivity index (χ3v) is 16.7. The SMILES string of the molecule is CCC(CC)Cc1cc(-c2[c-]cccc2)nc[c]1[Ge]([CH3])([CH3])[CH3].Cc1ccc2c(n1)oc1c(-c3nc4ccccc4n3-c3c(C(C)C)cc(-c4ccccc4)cc3C(C)C)[c-]ccc12.[Ir]. The van der Waals surface area contributed by atoms with Crippen LogP contribution in [0.25, 0.3) is 72.6 Å². The first-order valence-corrected chi connectivity index (χ1v) is 30.1. The molecule has 0 spiro atoms. The van der Waals surface area contributed by atoms with Gasteiger partial charge in [-0.05, 0) is 77.4 Å². The Morgan fingerprint density at radius 3 is 2.05 bits per heavy atom. The second-order valence-corrected chi connectivity index (χ2v) is 29.2. The number of para-hydroxylation sites is 2. The molecule has 0 saturated heterocycles. The molecule has 0 unspecified atom stereocenters. The fourth-order valence-electron chi connectivity index (χ4n) is 8.85. The van der Waals surface area contributed by atoms with Gasteiger partial charge in [0.15, 0.2) is 0 Å². The molecular formula is C57H60GeIrN4O-2. The van der Waals surface area contributed by atoms with Gasteiger partial charge in [-0.1, -0.05) is 81.1 Å². The predicted octanol–water partition coefficient (Wildman–Crippen LogP) is 15.1. The topological polar surface area (TPSA) is 56.7 Å². The quantitative estimate of drug-likeness (QED) is 0.0957. The maximum atomic E-state index is 6.44. The number of pyridine rings is 2. The Bertz CT molecular complexity index is 2980. The van der Waals surface area contributed by atoms with E-state index in [9.17, 15) is 0 Å². The van der Waals surface area contributed by atoms with Crippen LogP contribution in [0.2, 0.25) is 17.3 Å². The van der Waals surface area contributed by atoms with Gasteiger partial charge in [-0.3, -0.25) is 4.98 Å². The van der Waals surface area contributed by atoms with Crippen LogP contribution < -0.4 is 4.40 Å². The van der Waals surface area contributed by atoms with Crippen LogP contribution in [0.1, 0.15) is 88.6 Å². The molecule has 7 heteroatoms. The van der Waals surface area contributed by atoms with Crippen LogP contribution in [0.5, 0.6) is 0 Å². The van der Waals surface area contributed by atoms with E-state index in [1.54, 1.807) is 4.40 Å². The summed E-state index contributed by atoms with van der Waals surface area (Å²) in [5, 5.41) is 2.02. The van der Waals surface area contributed by atoms with Crippen molar-refractivity contribution in [1.82, 2.24) is 19.5 Å². The molecule has 0 fully saturated rings. The summed E-state index contributed by atoms with van der Waals surface area (Å²) in [4.78, 5) is 14.7. The maximum absolute atomic E-state index is 6.44. The molecule has 64 heavy (non-hydrogen) atoms. The first-order chi connectivity index (χ1) is 30.4. The minimum atomic E-state index is -1.89. The molecule has 5 aromatic carbocycles. The number of nitrogens with zero attached hydrogens (tertiary/aromatic N) is 4. The van der Waals surface area contributed by atoms with E-state index < -0.39 is 13.3 Å². The van der Waals surface area contributed by atoms with E-state index >= 15 is 0 Å². The van der Waals surface area contributed by atoms with E-state index in [-0.39, 0.29) is 20.1 Å². The number of rotatable bonds is 11. The summed E-state index contributed by atoms with van der Waals surface area (Å²) in [7, 11) is 0. The molecule has 9 aromatic rings. The number of imidazole rings is 1. The minimum absolute atomic E-state index is 0. The van der Waals surface area contributed by atoms with Crippen LogP contribution in [0.3, 0.4) is 0 Å². The Kier molecular flexibility index (Phi) is 14.6. The summed E-state index contributed by atoms with van der Waals surface area (Å²) in [5.41, 5.74) is 15.1. The first-order valence-electron chi connectivity index (χ1n) is 22.7. The van der Waals surface area contributed by atoms with Crippen LogP contribution in [-0.4, -0.2) is 32.8 Å². The summed E-state index contributed by atoms with van der Waals surface area (Å²) in [6.07, 6.45) is 5.85. The molecule has 0 aliphatic carbocycles. The smallest absolute Gasteiger partial charge is 0.216 e. The predicted molar refractivity (Wildman–Crippen MR) is 268 cm³/mol. The van der Waals surface area contributed by atoms with Gasteiger partial charge in [0.2, 0.25) is 5.71 Å². The molecule has 0 saturated carbocycles. The molecule has 5 nitrogen and oxygen atoms in total. The van der Waals surface area contributed by atoms with Crippen molar-refractivity contribution in [2.75, 3.05) is 0 Å². The van der Waals surface area contributed by atoms with E-state index in [0.29, 0.717) is 17.5 Å². The van der Waals surface area contributed by atoms with Gasteiger partial charge in [-0.15, -0.1) is 18.2 Å². The Morgan fingerprint density at radius 2 is 1.39 bits per heavy atom. The second-order valence-electron chi connectivity index (χ2n) is 18.6. The van der Waals surface area contributed by atoms with E-state index in [1.807, 2.05) is 37.3 Å². The molecule has 9 rings (SSSR count). The standard InChI is InChI=1S/C37H32N3O.C20H28GeN.Ir/c1-22(2)30-20-26(25-12-7-6-8-13-25)21-31(23(3)4)34(30)40-33-17-10-9-16-32(33)39-36(40)29-15-11-14-27-28-19-18-24(5)38-37(28)41-35(27)29;1-6-16(7-2)13-18-14-20(17-11-9-8-10-12-17)22-15-19(18)21(3,4)5;/h6-14,16-23H,1-5H3;8-11,14-16H,6-7,13H2,1-5H3;/q2*-1;. The molecule has 0 atom stereocenters. The minimum Gasteiger partial charge on any atom is -0.486 e. The van der Waals surface area contributed by atoms with E-state index in [1.165, 1.54) is 52.8 Å². The third kappa shape index (κ3) is 9.61. The summed E-state index contributed by atoms with van der Waals surface area (Å²) >= 11 is -1.89. The van der Waals surface area contributed by atoms with E-state index in [2.05, 4.69) is 178 Å². The zero-order valence-corrected chi connectivity index (χ0v) is 43.5. The van der Waals surface area contributed by atoms with Crippen molar-refractivity contribution in [3.8, 4) is 39.5 Å². The van der Waals surface area contributed by atoms with E-state index in [4.69, 9.17) is 14.4 Å². The largest absolute Gasteiger partial charge is 0.486 e. The number of hydrogen-bond acceptors (Lipinski definition) is 4. The van der Waals surface area contributed by atoms with Crippen LogP contribution in [0.15, 0.2) is 132 Å². The number of aryl methyl sites for hydroxylation is 1. The molecule has 0 aliphatic rings. The summed E-state index contributed by atoms with van der Waals surface area (Å²) in [5.74, 6) is 9.56. The van der Waals surface area contributed by atoms with Crippen molar-refractivity contribution < 1.29 is 24.5 Å². The van der Waals surface area contributed by atoms with Crippen molar-refractivity contribution in [3.63, 3.8) is 0 Å². The summed E-state index contributed by atoms with van der Waals surface area (Å²) < 4.78 is 10.3. The molecule has 0 aliphatic heterocycles. The average molecular weight is 1080 g/mol. The first kappa shape index (κ1) is 46.8. The average Bonchev–Trinajstić information content (AvgIpc) is 3.86. The Labute approximate surface area is 396 Å². The number of benzene rings is 5. The fraction of sp³-hybridized carbons (Fsp3) is 0.281. The molecule has 1 radical (unpaired) electrons. The van der Waals surface area contributed by atoms with Gasteiger partial charge in [-0.25, -0.2) is 4.98 Å². The molecule has 0 amide bonds. The van der Waals surface area contributed by atoms with Crippen LogP contribution in [-0.2, 0) is 26.5 Å². The number of hydrogen-bond donors (Lipinski definition) is 0. The van der Waals surface area contributed by atoms with Crippen molar-refractivity contribution in [2.45, 2.75) is 96.8 Å². The summed E-state index contributed by atoms with van der Waals surface area (Å²) in [6.45, 7) is 15.7. The van der Waals surface area contributed by atoms with Crippen molar-refractivity contribution in [2.24, 2.45) is 5.92 Å². The van der Waals surface area contributed by atoms with Crippen LogP contribution >= 0.6 is 0 Å². The Hall–Kier alpha value is -5.14. The maximum Gasteiger partial charge on any atom is 0.216 e. The van der Waals surface area contributed by atoms with Gasteiger partial charge in [0.25, 0.3) is 0 Å². The molecule has 0 N–H and O–H groups in total. The summed E-state index contributed by atoms with van der Waals surface area (Å²) in [6, 6.07) is 49.2. The van der Waals surface area contributed by atoms with Gasteiger partial charge in [0, 0.05) is 36.9 Å². The monoisotopic (exact) mass is 1080 g/mol. The molecule has 4 aromatic heterocycles. The van der Waals surface area contributed by atoms with Crippen molar-refractivity contribution in [3.05, 3.63) is 162 Å². The van der Waals surface area contributed by atoms with Gasteiger partial charge < -0.3 is 8.98 Å². The Balaban J connectivity index is 0.000000227. The van der Waals surface area contributed by atoms with E-state index in [0.717, 1.165) is 61.6 Å². The molecule has 329 valence electrons. The second kappa shape index (κ2) is 19.9. The van der Waals surface area contributed by atoms with Crippen molar-refractivity contribution >= 4 is 50.8 Å². The fourth-order valence-corrected chi connectivity index (χ4v) is 12.2. The molecule has 0 bridgehead atoms. The van der Waals surface area contributed by atoms with Gasteiger partial charge >= 0.3 is 138 Å². The van der Waals surface area contributed by atoms with Gasteiger partial charge in [-0.2, -0.15) is 0 Å².